The van der Waals surface area contributed by atoms with Gasteiger partial charge in [-0.2, -0.15) is 0 Å². The van der Waals surface area contributed by atoms with Crippen LogP contribution in [0.3, 0.4) is 0 Å². The molecule has 0 saturated carbocycles. The molecule has 2 heterocycles. The number of fused-ring (bicyclic) bond motifs is 1. The second-order valence-corrected chi connectivity index (χ2v) is 4.64. The van der Waals surface area contributed by atoms with Crippen molar-refractivity contribution in [2.45, 2.75) is 13.1 Å². The maximum Gasteiger partial charge on any atom is 0.259 e. The molecule has 1 aromatic heterocycles. The van der Waals surface area contributed by atoms with E-state index in [1.54, 1.807) is 11.0 Å². The van der Waals surface area contributed by atoms with E-state index in [9.17, 15) is 4.79 Å². The van der Waals surface area contributed by atoms with Gasteiger partial charge in [0.15, 0.2) is 0 Å². The molecular formula is C13H11ClN2O2. The topological polar surface area (TPSA) is 59.5 Å². The minimum absolute atomic E-state index is 0.122. The average Bonchev–Trinajstić information content (AvgIpc) is 2.93. The number of hydrogen-bond donors (Lipinski definition) is 1. The minimum atomic E-state index is -0.122. The van der Waals surface area contributed by atoms with E-state index >= 15 is 0 Å². The fraction of sp³-hybridized carbons (Fsp3) is 0.154. The normalized spacial score (nSPS) is 13.7. The van der Waals surface area contributed by atoms with Crippen LogP contribution in [-0.2, 0) is 13.1 Å². The van der Waals surface area contributed by atoms with Gasteiger partial charge >= 0.3 is 0 Å². The minimum Gasteiger partial charge on any atom is -0.452 e. The first kappa shape index (κ1) is 11.2. The molecule has 92 valence electrons. The highest BCUT2D eigenvalue weighted by Gasteiger charge is 2.26. The lowest BCUT2D eigenvalue weighted by atomic mass is 10.1. The summed E-state index contributed by atoms with van der Waals surface area (Å²) in [5.41, 5.74) is 9.05. The highest BCUT2D eigenvalue weighted by molar-refractivity contribution is 6.32. The Morgan fingerprint density at radius 3 is 2.78 bits per heavy atom. The van der Waals surface area contributed by atoms with E-state index in [1.807, 2.05) is 18.2 Å². The molecule has 0 spiro atoms. The number of carbonyl (C=O) groups is 1. The fourth-order valence-electron chi connectivity index (χ4n) is 2.17. The van der Waals surface area contributed by atoms with Crippen LogP contribution in [0.4, 0.5) is 5.69 Å². The van der Waals surface area contributed by atoms with Crippen LogP contribution in [0, 0.1) is 0 Å². The van der Waals surface area contributed by atoms with Gasteiger partial charge in [-0.1, -0.05) is 6.07 Å². The third-order valence-electron chi connectivity index (χ3n) is 3.09. The van der Waals surface area contributed by atoms with Crippen LogP contribution >= 0.6 is 11.6 Å². The summed E-state index contributed by atoms with van der Waals surface area (Å²) in [6.45, 7) is 1.14. The third kappa shape index (κ3) is 1.75. The lowest BCUT2D eigenvalue weighted by molar-refractivity contribution is 0.0751. The predicted molar refractivity (Wildman–Crippen MR) is 68.1 cm³/mol. The maximum absolute atomic E-state index is 12.2. The zero-order chi connectivity index (χ0) is 12.7. The van der Waals surface area contributed by atoms with Crippen molar-refractivity contribution in [3.63, 3.8) is 0 Å². The van der Waals surface area contributed by atoms with Crippen molar-refractivity contribution in [1.29, 1.82) is 0 Å². The number of halogens is 1. The number of nitrogen functional groups attached to an aromatic ring is 1. The van der Waals surface area contributed by atoms with Gasteiger partial charge in [-0.05, 0) is 40.9 Å². The van der Waals surface area contributed by atoms with Crippen LogP contribution in [0.2, 0.25) is 5.22 Å². The van der Waals surface area contributed by atoms with Gasteiger partial charge in [0.05, 0.1) is 11.8 Å². The molecule has 2 aromatic rings. The zero-order valence-corrected chi connectivity index (χ0v) is 10.3. The van der Waals surface area contributed by atoms with E-state index in [0.29, 0.717) is 24.3 Å². The lowest BCUT2D eigenvalue weighted by Gasteiger charge is -2.14. The average molecular weight is 263 g/mol. The summed E-state index contributed by atoms with van der Waals surface area (Å²) in [7, 11) is 0. The van der Waals surface area contributed by atoms with Crippen molar-refractivity contribution >= 4 is 23.2 Å². The monoisotopic (exact) mass is 262 g/mol. The highest BCUT2D eigenvalue weighted by Crippen LogP contribution is 2.28. The Balaban J connectivity index is 1.86. The van der Waals surface area contributed by atoms with Crippen LogP contribution < -0.4 is 5.73 Å². The molecule has 1 aromatic carbocycles. The molecular weight excluding hydrogens is 252 g/mol. The molecule has 18 heavy (non-hydrogen) atoms. The van der Waals surface area contributed by atoms with Gasteiger partial charge in [0.25, 0.3) is 5.91 Å². The lowest BCUT2D eigenvalue weighted by Crippen LogP contribution is -2.25. The van der Waals surface area contributed by atoms with Gasteiger partial charge in [0.1, 0.15) is 0 Å². The van der Waals surface area contributed by atoms with Crippen LogP contribution in [-0.4, -0.2) is 10.8 Å². The first-order valence-corrected chi connectivity index (χ1v) is 5.92. The van der Waals surface area contributed by atoms with Crippen molar-refractivity contribution in [2.24, 2.45) is 0 Å². The molecule has 1 aliphatic rings. The third-order valence-corrected chi connectivity index (χ3v) is 3.38. The molecule has 0 atom stereocenters. The SMILES string of the molecule is Nc1ccc2c(c1)CN(C(=O)c1ccoc1Cl)C2. The van der Waals surface area contributed by atoms with Crippen molar-refractivity contribution in [3.05, 3.63) is 52.4 Å². The first-order chi connectivity index (χ1) is 8.65. The number of amides is 1. The number of benzene rings is 1. The number of rotatable bonds is 1. The molecule has 3 rings (SSSR count). The molecule has 4 nitrogen and oxygen atoms in total. The van der Waals surface area contributed by atoms with E-state index < -0.39 is 0 Å². The zero-order valence-electron chi connectivity index (χ0n) is 9.52. The maximum atomic E-state index is 12.2. The van der Waals surface area contributed by atoms with Crippen molar-refractivity contribution in [1.82, 2.24) is 4.90 Å². The molecule has 2 N–H and O–H groups in total. The van der Waals surface area contributed by atoms with Crippen LogP contribution in [0.15, 0.2) is 34.9 Å². The summed E-state index contributed by atoms with van der Waals surface area (Å²) >= 11 is 5.82. The summed E-state index contributed by atoms with van der Waals surface area (Å²) in [6.07, 6.45) is 1.41. The number of nitrogens with two attached hydrogens (primary N) is 1. The summed E-state index contributed by atoms with van der Waals surface area (Å²) < 4.78 is 4.94. The molecule has 0 bridgehead atoms. The van der Waals surface area contributed by atoms with Crippen LogP contribution in [0.5, 0.6) is 0 Å². The number of furan rings is 1. The summed E-state index contributed by atoms with van der Waals surface area (Å²) in [5.74, 6) is -0.122. The first-order valence-electron chi connectivity index (χ1n) is 5.54. The quantitative estimate of drug-likeness (QED) is 0.804. The number of nitrogens with zero attached hydrogens (tertiary/aromatic N) is 1. The summed E-state index contributed by atoms with van der Waals surface area (Å²) in [6, 6.07) is 7.29. The molecule has 5 heteroatoms. The second-order valence-electron chi connectivity index (χ2n) is 4.30. The van der Waals surface area contributed by atoms with Crippen LogP contribution in [0.1, 0.15) is 21.5 Å². The van der Waals surface area contributed by atoms with E-state index in [-0.39, 0.29) is 11.1 Å². The smallest absolute Gasteiger partial charge is 0.259 e. The van der Waals surface area contributed by atoms with Crippen molar-refractivity contribution in [3.8, 4) is 0 Å². The largest absolute Gasteiger partial charge is 0.452 e. The molecule has 0 radical (unpaired) electrons. The Labute approximate surface area is 109 Å². The Kier molecular flexibility index (Phi) is 2.52. The molecule has 0 aliphatic carbocycles. The van der Waals surface area contributed by atoms with E-state index in [2.05, 4.69) is 0 Å². The Hall–Kier alpha value is -1.94. The predicted octanol–water partition coefficient (Wildman–Crippen LogP) is 2.67. The Bertz CT molecular complexity index is 621. The Morgan fingerprint density at radius 1 is 1.28 bits per heavy atom. The van der Waals surface area contributed by atoms with Crippen molar-refractivity contribution < 1.29 is 9.21 Å². The number of carbonyl (C=O) groups excluding carboxylic acids is 1. The summed E-state index contributed by atoms with van der Waals surface area (Å²) in [5, 5.41) is 0.135. The van der Waals surface area contributed by atoms with E-state index in [4.69, 9.17) is 21.8 Å². The standard InChI is InChI=1S/C13H11ClN2O2/c14-12-11(3-4-18-12)13(17)16-6-8-1-2-10(15)5-9(8)7-16/h1-5H,6-7,15H2. The fourth-order valence-corrected chi connectivity index (χ4v) is 2.37. The molecule has 0 unspecified atom stereocenters. The summed E-state index contributed by atoms with van der Waals surface area (Å²) in [4.78, 5) is 14.0. The van der Waals surface area contributed by atoms with Gasteiger partial charge in [-0.3, -0.25) is 4.79 Å². The van der Waals surface area contributed by atoms with Gasteiger partial charge < -0.3 is 15.1 Å². The number of hydrogen-bond acceptors (Lipinski definition) is 3. The molecule has 0 fully saturated rings. The second kappa shape index (κ2) is 4.07. The van der Waals surface area contributed by atoms with Gasteiger partial charge in [0, 0.05) is 18.8 Å². The number of anilines is 1. The van der Waals surface area contributed by atoms with Gasteiger partial charge in [-0.25, -0.2) is 0 Å². The van der Waals surface area contributed by atoms with Gasteiger partial charge in [-0.15, -0.1) is 0 Å². The molecule has 1 aliphatic heterocycles. The van der Waals surface area contributed by atoms with Gasteiger partial charge in [0.2, 0.25) is 5.22 Å². The van der Waals surface area contributed by atoms with E-state index in [1.165, 1.54) is 6.26 Å². The van der Waals surface area contributed by atoms with Crippen molar-refractivity contribution in [2.75, 3.05) is 5.73 Å². The van der Waals surface area contributed by atoms with E-state index in [0.717, 1.165) is 11.1 Å². The molecule has 1 amide bonds. The van der Waals surface area contributed by atoms with Crippen LogP contribution in [0.25, 0.3) is 0 Å². The molecule has 0 saturated heterocycles. The Morgan fingerprint density at radius 2 is 2.06 bits per heavy atom. The highest BCUT2D eigenvalue weighted by atomic mass is 35.5.